The van der Waals surface area contributed by atoms with Crippen LogP contribution in [-0.2, 0) is 6.42 Å². The molecule has 0 aromatic heterocycles. The van der Waals surface area contributed by atoms with Crippen LogP contribution in [-0.4, -0.2) is 13.2 Å². The molecule has 2 aromatic carbocycles. The summed E-state index contributed by atoms with van der Waals surface area (Å²) in [7, 11) is 0. The van der Waals surface area contributed by atoms with E-state index in [1.54, 1.807) is 12.1 Å². The van der Waals surface area contributed by atoms with Crippen molar-refractivity contribution in [1.82, 2.24) is 0 Å². The van der Waals surface area contributed by atoms with E-state index < -0.39 is 0 Å². The molecule has 0 aliphatic heterocycles. The van der Waals surface area contributed by atoms with E-state index in [0.29, 0.717) is 19.6 Å². The van der Waals surface area contributed by atoms with Crippen LogP contribution >= 0.6 is 0 Å². The lowest BCUT2D eigenvalue weighted by atomic mass is 9.91. The molecule has 0 fully saturated rings. The maximum absolute atomic E-state index is 13.3. The van der Waals surface area contributed by atoms with Crippen LogP contribution < -0.4 is 10.5 Å². The third-order valence-corrected chi connectivity index (χ3v) is 3.31. The van der Waals surface area contributed by atoms with Gasteiger partial charge in [0.15, 0.2) is 0 Å². The summed E-state index contributed by atoms with van der Waals surface area (Å²) >= 11 is 0. The third-order valence-electron chi connectivity index (χ3n) is 3.31. The van der Waals surface area contributed by atoms with Crippen LogP contribution in [0.1, 0.15) is 24.0 Å². The van der Waals surface area contributed by atoms with Crippen LogP contribution in [0, 0.1) is 5.82 Å². The second kappa shape index (κ2) is 7.06. The highest BCUT2D eigenvalue weighted by atomic mass is 19.1. The van der Waals surface area contributed by atoms with Gasteiger partial charge in [0.25, 0.3) is 0 Å². The molecule has 1 unspecified atom stereocenters. The van der Waals surface area contributed by atoms with Gasteiger partial charge < -0.3 is 10.5 Å². The number of benzene rings is 2. The molecule has 2 N–H and O–H groups in total. The lowest BCUT2D eigenvalue weighted by Crippen LogP contribution is -2.16. The zero-order chi connectivity index (χ0) is 14.4. The van der Waals surface area contributed by atoms with Crippen LogP contribution in [0.2, 0.25) is 0 Å². The molecule has 0 aliphatic carbocycles. The molecule has 2 aromatic rings. The van der Waals surface area contributed by atoms with Crippen LogP contribution in [0.5, 0.6) is 5.75 Å². The van der Waals surface area contributed by atoms with Crippen molar-refractivity contribution in [3.8, 4) is 5.75 Å². The maximum Gasteiger partial charge on any atom is 0.123 e. The average molecular weight is 273 g/mol. The molecule has 1 atom stereocenters. The summed E-state index contributed by atoms with van der Waals surface area (Å²) in [5, 5.41) is 0. The number of hydrogen-bond donors (Lipinski definition) is 1. The molecule has 20 heavy (non-hydrogen) atoms. The summed E-state index contributed by atoms with van der Waals surface area (Å²) in [4.78, 5) is 0. The Morgan fingerprint density at radius 2 is 1.95 bits per heavy atom. The van der Waals surface area contributed by atoms with Gasteiger partial charge in [0.1, 0.15) is 11.6 Å². The molecule has 0 bridgehead atoms. The monoisotopic (exact) mass is 273 g/mol. The van der Waals surface area contributed by atoms with Gasteiger partial charge in [0.2, 0.25) is 0 Å². The minimum atomic E-state index is -0.212. The van der Waals surface area contributed by atoms with E-state index in [4.69, 9.17) is 10.5 Å². The highest BCUT2D eigenvalue weighted by molar-refractivity contribution is 5.37. The lowest BCUT2D eigenvalue weighted by Gasteiger charge is -2.19. The molecule has 0 amide bonds. The van der Waals surface area contributed by atoms with Gasteiger partial charge in [-0.25, -0.2) is 4.39 Å². The largest absolute Gasteiger partial charge is 0.494 e. The van der Waals surface area contributed by atoms with Crippen molar-refractivity contribution < 1.29 is 9.13 Å². The molecule has 0 saturated carbocycles. The first-order valence-electron chi connectivity index (χ1n) is 6.90. The zero-order valence-corrected chi connectivity index (χ0v) is 11.7. The van der Waals surface area contributed by atoms with E-state index in [2.05, 4.69) is 0 Å². The van der Waals surface area contributed by atoms with Crippen molar-refractivity contribution in [2.45, 2.75) is 19.3 Å². The minimum Gasteiger partial charge on any atom is -0.494 e. The van der Waals surface area contributed by atoms with Gasteiger partial charge in [0.05, 0.1) is 6.61 Å². The highest BCUT2D eigenvalue weighted by Crippen LogP contribution is 2.28. The standard InChI is InChI=1S/C17H20FNO/c1-2-20-17-9-4-3-8-16(17)14(12-19)10-13-6-5-7-15(18)11-13/h3-9,11,14H,2,10,12,19H2,1H3. The Labute approximate surface area is 119 Å². The van der Waals surface area contributed by atoms with E-state index in [1.807, 2.05) is 37.3 Å². The molecule has 2 nitrogen and oxygen atoms in total. The Bertz CT molecular complexity index is 556. The number of para-hydroxylation sites is 1. The third kappa shape index (κ3) is 3.58. The van der Waals surface area contributed by atoms with Crippen molar-refractivity contribution in [3.63, 3.8) is 0 Å². The molecule has 0 heterocycles. The Hall–Kier alpha value is -1.87. The number of rotatable bonds is 6. The molecule has 0 saturated heterocycles. The fourth-order valence-electron chi connectivity index (χ4n) is 2.37. The van der Waals surface area contributed by atoms with Gasteiger partial charge in [-0.1, -0.05) is 30.3 Å². The molecule has 0 aliphatic rings. The van der Waals surface area contributed by atoms with Crippen molar-refractivity contribution in [1.29, 1.82) is 0 Å². The van der Waals surface area contributed by atoms with Crippen LogP contribution in [0.3, 0.4) is 0 Å². The Balaban J connectivity index is 2.24. The van der Waals surface area contributed by atoms with Gasteiger partial charge in [-0.05, 0) is 49.2 Å². The smallest absolute Gasteiger partial charge is 0.123 e. The summed E-state index contributed by atoms with van der Waals surface area (Å²) < 4.78 is 18.9. The first kappa shape index (κ1) is 14.5. The van der Waals surface area contributed by atoms with Crippen molar-refractivity contribution in [3.05, 3.63) is 65.5 Å². The van der Waals surface area contributed by atoms with E-state index in [1.165, 1.54) is 6.07 Å². The van der Waals surface area contributed by atoms with E-state index in [-0.39, 0.29) is 11.7 Å². The zero-order valence-electron chi connectivity index (χ0n) is 11.7. The molecule has 0 radical (unpaired) electrons. The van der Waals surface area contributed by atoms with Crippen LogP contribution in [0.4, 0.5) is 4.39 Å². The van der Waals surface area contributed by atoms with Gasteiger partial charge >= 0.3 is 0 Å². The summed E-state index contributed by atoms with van der Waals surface area (Å²) in [6.45, 7) is 3.08. The van der Waals surface area contributed by atoms with Crippen molar-refractivity contribution >= 4 is 0 Å². The number of hydrogen-bond acceptors (Lipinski definition) is 2. The van der Waals surface area contributed by atoms with Crippen LogP contribution in [0.25, 0.3) is 0 Å². The lowest BCUT2D eigenvalue weighted by molar-refractivity contribution is 0.334. The number of nitrogens with two attached hydrogens (primary N) is 1. The van der Waals surface area contributed by atoms with Crippen molar-refractivity contribution in [2.24, 2.45) is 5.73 Å². The Morgan fingerprint density at radius 1 is 1.15 bits per heavy atom. The molecule has 0 spiro atoms. The Kier molecular flexibility index (Phi) is 5.13. The molecule has 106 valence electrons. The topological polar surface area (TPSA) is 35.2 Å². The first-order valence-corrected chi connectivity index (χ1v) is 6.90. The quantitative estimate of drug-likeness (QED) is 0.874. The molecule has 2 rings (SSSR count). The van der Waals surface area contributed by atoms with Gasteiger partial charge in [0, 0.05) is 5.92 Å². The highest BCUT2D eigenvalue weighted by Gasteiger charge is 2.15. The summed E-state index contributed by atoms with van der Waals surface area (Å²) in [6, 6.07) is 14.6. The fourth-order valence-corrected chi connectivity index (χ4v) is 2.37. The average Bonchev–Trinajstić information content (AvgIpc) is 2.46. The molecular weight excluding hydrogens is 253 g/mol. The number of halogens is 1. The second-order valence-electron chi connectivity index (χ2n) is 4.74. The summed E-state index contributed by atoms with van der Waals surface area (Å²) in [5.74, 6) is 0.776. The molecular formula is C17H20FNO. The summed E-state index contributed by atoms with van der Waals surface area (Å²) in [5.41, 5.74) is 7.94. The SMILES string of the molecule is CCOc1ccccc1C(CN)Cc1cccc(F)c1. The predicted octanol–water partition coefficient (Wildman–Crippen LogP) is 3.51. The summed E-state index contributed by atoms with van der Waals surface area (Å²) in [6.07, 6.45) is 0.707. The predicted molar refractivity (Wildman–Crippen MR) is 79.5 cm³/mol. The molecule has 3 heteroatoms. The van der Waals surface area contributed by atoms with Crippen LogP contribution in [0.15, 0.2) is 48.5 Å². The van der Waals surface area contributed by atoms with Gasteiger partial charge in [-0.2, -0.15) is 0 Å². The first-order chi connectivity index (χ1) is 9.74. The minimum absolute atomic E-state index is 0.125. The fraction of sp³-hybridized carbons (Fsp3) is 0.294. The second-order valence-corrected chi connectivity index (χ2v) is 4.74. The maximum atomic E-state index is 13.3. The number of ether oxygens (including phenoxy) is 1. The van der Waals surface area contributed by atoms with Crippen molar-refractivity contribution in [2.75, 3.05) is 13.2 Å². The van der Waals surface area contributed by atoms with Gasteiger partial charge in [-0.15, -0.1) is 0 Å². The van der Waals surface area contributed by atoms with E-state index in [9.17, 15) is 4.39 Å². The van der Waals surface area contributed by atoms with Gasteiger partial charge in [-0.3, -0.25) is 0 Å². The van der Waals surface area contributed by atoms with E-state index in [0.717, 1.165) is 16.9 Å². The van der Waals surface area contributed by atoms with E-state index >= 15 is 0 Å². The normalized spacial score (nSPS) is 12.2. The Morgan fingerprint density at radius 3 is 2.65 bits per heavy atom.